The highest BCUT2D eigenvalue weighted by molar-refractivity contribution is 7.81. The Hall–Kier alpha value is -2.14. The van der Waals surface area contributed by atoms with Gasteiger partial charge in [-0.05, 0) is 24.3 Å². The van der Waals surface area contributed by atoms with Crippen molar-refractivity contribution in [3.63, 3.8) is 0 Å². The van der Waals surface area contributed by atoms with Gasteiger partial charge in [0.2, 0.25) is 0 Å². The maximum absolute atomic E-state index is 12.0. The predicted molar refractivity (Wildman–Crippen MR) is 56.3 cm³/mol. The Morgan fingerprint density at radius 3 is 2.41 bits per heavy atom. The fourth-order valence-corrected chi connectivity index (χ4v) is 1.13. The second-order valence-electron chi connectivity index (χ2n) is 2.75. The minimum absolute atomic E-state index is 0.275. The van der Waals surface area contributed by atoms with Crippen LogP contribution in [-0.4, -0.2) is 21.2 Å². The molecule has 0 fully saturated rings. The third kappa shape index (κ3) is 4.08. The largest absolute Gasteiger partial charge is 0.509 e. The molecule has 0 unspecified atom stereocenters. The van der Waals surface area contributed by atoms with Crippen LogP contribution in [0.25, 0.3) is 0 Å². The van der Waals surface area contributed by atoms with Crippen molar-refractivity contribution in [3.05, 3.63) is 29.8 Å². The van der Waals surface area contributed by atoms with Gasteiger partial charge in [0, 0.05) is 5.56 Å². The summed E-state index contributed by atoms with van der Waals surface area (Å²) in [5.41, 5.74) is -0.0918. The molecular weight excluding hydrogens is 251 g/mol. The number of halogens is 1. The highest BCUT2D eigenvalue weighted by Crippen LogP contribution is 2.12. The molecule has 0 spiro atoms. The second-order valence-corrected chi connectivity index (χ2v) is 3.68. The molecular formula is C9H7FN2O4S. The molecule has 1 aromatic rings. The van der Waals surface area contributed by atoms with Gasteiger partial charge in [0.05, 0.1) is 7.11 Å². The van der Waals surface area contributed by atoms with Gasteiger partial charge in [-0.25, -0.2) is 4.28 Å². The van der Waals surface area contributed by atoms with Gasteiger partial charge in [0.15, 0.2) is 5.71 Å². The predicted octanol–water partition coefficient (Wildman–Crippen LogP) is 1.15. The van der Waals surface area contributed by atoms with Gasteiger partial charge in [-0.1, -0.05) is 9.04 Å². The molecule has 1 rings (SSSR count). The summed E-state index contributed by atoms with van der Waals surface area (Å²) in [6, 6.07) is 7.56. The van der Waals surface area contributed by atoms with Crippen LogP contribution in [0.4, 0.5) is 3.89 Å². The molecule has 0 heterocycles. The molecule has 0 radical (unpaired) electrons. The lowest BCUT2D eigenvalue weighted by Crippen LogP contribution is -2.01. The van der Waals surface area contributed by atoms with E-state index in [0.29, 0.717) is 5.75 Å². The van der Waals surface area contributed by atoms with Crippen molar-refractivity contribution in [2.24, 2.45) is 5.16 Å². The normalized spacial score (nSPS) is 11.7. The molecule has 1 aromatic carbocycles. The fourth-order valence-electron chi connectivity index (χ4n) is 0.968. The van der Waals surface area contributed by atoms with E-state index in [1.807, 2.05) is 0 Å². The van der Waals surface area contributed by atoms with Crippen LogP contribution in [0.2, 0.25) is 0 Å². The number of hydrogen-bond donors (Lipinski definition) is 0. The van der Waals surface area contributed by atoms with Gasteiger partial charge in [-0.2, -0.15) is 13.7 Å². The SMILES string of the molecule is COc1ccc(C(C#N)=NOS(=O)(=O)F)cc1. The molecule has 0 aliphatic heterocycles. The first-order chi connectivity index (χ1) is 7.96. The molecule has 17 heavy (non-hydrogen) atoms. The first kappa shape index (κ1) is 12.9. The molecule has 0 aliphatic carbocycles. The Morgan fingerprint density at radius 1 is 1.41 bits per heavy atom. The van der Waals surface area contributed by atoms with E-state index >= 15 is 0 Å². The van der Waals surface area contributed by atoms with E-state index in [-0.39, 0.29) is 11.3 Å². The maximum atomic E-state index is 12.0. The van der Waals surface area contributed by atoms with Crippen molar-refractivity contribution in [3.8, 4) is 11.8 Å². The number of oxime groups is 1. The number of nitriles is 1. The summed E-state index contributed by atoms with van der Waals surface area (Å²) in [7, 11) is -3.75. The molecule has 0 atom stereocenters. The Kier molecular flexibility index (Phi) is 4.01. The smallest absolute Gasteiger partial charge is 0.497 e. The van der Waals surface area contributed by atoms with Crippen LogP contribution in [0.3, 0.4) is 0 Å². The van der Waals surface area contributed by atoms with Gasteiger partial charge in [-0.3, -0.25) is 0 Å². The molecule has 0 aliphatic rings. The molecule has 8 heteroatoms. The summed E-state index contributed by atoms with van der Waals surface area (Å²) in [5, 5.41) is 11.6. The summed E-state index contributed by atoms with van der Waals surface area (Å²) < 4.78 is 40.6. The monoisotopic (exact) mass is 258 g/mol. The van der Waals surface area contributed by atoms with Crippen LogP contribution in [0.1, 0.15) is 5.56 Å². The number of rotatable bonds is 4. The van der Waals surface area contributed by atoms with E-state index in [2.05, 4.69) is 9.44 Å². The molecule has 0 amide bonds. The summed E-state index contributed by atoms with van der Waals surface area (Å²) in [6.45, 7) is 0. The lowest BCUT2D eigenvalue weighted by Gasteiger charge is -2.00. The van der Waals surface area contributed by atoms with E-state index in [4.69, 9.17) is 10.00 Å². The van der Waals surface area contributed by atoms with Crippen molar-refractivity contribution >= 4 is 16.2 Å². The maximum Gasteiger partial charge on any atom is 0.509 e. The van der Waals surface area contributed by atoms with E-state index in [1.165, 1.54) is 31.4 Å². The zero-order valence-electron chi connectivity index (χ0n) is 8.62. The average Bonchev–Trinajstić information content (AvgIpc) is 2.29. The highest BCUT2D eigenvalue weighted by Gasteiger charge is 2.10. The number of benzene rings is 1. The van der Waals surface area contributed by atoms with Crippen LogP contribution in [0.5, 0.6) is 5.75 Å². The third-order valence-electron chi connectivity index (χ3n) is 1.69. The minimum Gasteiger partial charge on any atom is -0.497 e. The van der Waals surface area contributed by atoms with Crippen LogP contribution in [-0.2, 0) is 14.8 Å². The Balaban J connectivity index is 2.98. The average molecular weight is 258 g/mol. The van der Waals surface area contributed by atoms with Crippen molar-refractivity contribution in [1.82, 2.24) is 0 Å². The number of hydrogen-bond acceptors (Lipinski definition) is 6. The molecule has 90 valence electrons. The van der Waals surface area contributed by atoms with Crippen molar-refractivity contribution in [2.45, 2.75) is 0 Å². The van der Waals surface area contributed by atoms with Crippen molar-refractivity contribution in [1.29, 1.82) is 5.26 Å². The molecule has 0 N–H and O–H groups in total. The summed E-state index contributed by atoms with van der Waals surface area (Å²) in [6.07, 6.45) is 0. The van der Waals surface area contributed by atoms with Crippen LogP contribution in [0, 0.1) is 11.3 Å². The van der Waals surface area contributed by atoms with E-state index in [0.717, 1.165) is 0 Å². The van der Waals surface area contributed by atoms with E-state index in [1.54, 1.807) is 6.07 Å². The molecule has 0 bridgehead atoms. The van der Waals surface area contributed by atoms with E-state index < -0.39 is 10.5 Å². The first-order valence-electron chi connectivity index (χ1n) is 4.22. The van der Waals surface area contributed by atoms with Crippen LogP contribution < -0.4 is 4.74 Å². The van der Waals surface area contributed by atoms with Gasteiger partial charge in [0.25, 0.3) is 0 Å². The molecule has 6 nitrogen and oxygen atoms in total. The molecule has 0 aromatic heterocycles. The summed E-state index contributed by atoms with van der Waals surface area (Å²) >= 11 is 0. The quantitative estimate of drug-likeness (QED) is 0.459. The van der Waals surface area contributed by atoms with Crippen LogP contribution in [0.15, 0.2) is 29.4 Å². The summed E-state index contributed by atoms with van der Waals surface area (Å²) in [4.78, 5) is 0. The van der Waals surface area contributed by atoms with E-state index in [9.17, 15) is 12.3 Å². The summed E-state index contributed by atoms with van der Waals surface area (Å²) in [5.74, 6) is 0.546. The number of nitrogens with zero attached hydrogens (tertiary/aromatic N) is 2. The fraction of sp³-hybridized carbons (Fsp3) is 0.111. The highest BCUT2D eigenvalue weighted by atomic mass is 32.3. The number of ether oxygens (including phenoxy) is 1. The molecule has 0 saturated heterocycles. The third-order valence-corrected chi connectivity index (χ3v) is 1.94. The second kappa shape index (κ2) is 5.27. The molecule has 0 saturated carbocycles. The first-order valence-corrected chi connectivity index (χ1v) is 5.53. The standard InChI is InChI=1S/C9H7FN2O4S/c1-15-8-4-2-7(3-5-8)9(6-11)12-16-17(10,13)14/h2-5H,1H3. The van der Waals surface area contributed by atoms with Crippen molar-refractivity contribution in [2.75, 3.05) is 7.11 Å². The van der Waals surface area contributed by atoms with Gasteiger partial charge in [-0.15, -0.1) is 0 Å². The Bertz CT molecular complexity index is 560. The van der Waals surface area contributed by atoms with Crippen LogP contribution >= 0.6 is 0 Å². The zero-order chi connectivity index (χ0) is 12.9. The number of methoxy groups -OCH3 is 1. The van der Waals surface area contributed by atoms with Crippen molar-refractivity contribution < 1.29 is 21.3 Å². The topological polar surface area (TPSA) is 88.8 Å². The van der Waals surface area contributed by atoms with Gasteiger partial charge >= 0.3 is 10.5 Å². The Morgan fingerprint density at radius 2 is 2.00 bits per heavy atom. The zero-order valence-corrected chi connectivity index (χ0v) is 9.44. The lowest BCUT2D eigenvalue weighted by atomic mass is 10.1. The Labute approximate surface area is 97.3 Å². The van der Waals surface area contributed by atoms with Gasteiger partial charge < -0.3 is 4.74 Å². The minimum atomic E-state index is -5.21. The lowest BCUT2D eigenvalue weighted by molar-refractivity contribution is 0.312. The van der Waals surface area contributed by atoms with Gasteiger partial charge in [0.1, 0.15) is 11.8 Å².